The molecule has 1 heterocycles. The normalized spacial score (nSPS) is 11.0. The number of hydrogen-bond acceptors (Lipinski definition) is 4. The van der Waals surface area contributed by atoms with Crippen molar-refractivity contribution < 1.29 is 3.89 Å². The summed E-state index contributed by atoms with van der Waals surface area (Å²) in [4.78, 5) is 4.05. The van der Waals surface area contributed by atoms with E-state index in [0.717, 1.165) is 22.5 Å². The second-order valence-corrected chi connectivity index (χ2v) is 5.13. The van der Waals surface area contributed by atoms with Crippen LogP contribution in [-0.4, -0.2) is 15.2 Å². The molecule has 0 aliphatic heterocycles. The molecule has 0 radical (unpaired) electrons. The Balaban J connectivity index is 0.000000357. The molecule has 0 saturated heterocycles. The first-order valence-corrected chi connectivity index (χ1v) is 6.59. The minimum atomic E-state index is 0.130. The summed E-state index contributed by atoms with van der Waals surface area (Å²) in [5.74, 6) is 0.833. The minimum Gasteiger partial charge on any atom is -0.245 e. The van der Waals surface area contributed by atoms with Gasteiger partial charge in [0.1, 0.15) is 6.33 Å². The summed E-state index contributed by atoms with van der Waals surface area (Å²) < 4.78 is 17.3. The summed E-state index contributed by atoms with van der Waals surface area (Å²) >= 11 is 3.86. The van der Waals surface area contributed by atoms with E-state index in [0.29, 0.717) is 0 Å². The van der Waals surface area contributed by atoms with E-state index in [9.17, 15) is 3.89 Å². The Kier molecular flexibility index (Phi) is 6.21. The molecule has 0 bridgehead atoms. The van der Waals surface area contributed by atoms with Crippen LogP contribution in [0.1, 0.15) is 26.3 Å². The van der Waals surface area contributed by atoms with Crippen molar-refractivity contribution >= 4 is 42.4 Å². The van der Waals surface area contributed by atoms with E-state index < -0.39 is 0 Å². The lowest BCUT2D eigenvalue weighted by Crippen LogP contribution is -1.82. The van der Waals surface area contributed by atoms with E-state index >= 15 is 0 Å². The highest BCUT2D eigenvalue weighted by Gasteiger charge is 2.02. The lowest BCUT2D eigenvalue weighted by molar-refractivity contribution is 0.737. The van der Waals surface area contributed by atoms with Crippen molar-refractivity contribution in [3.63, 3.8) is 0 Å². The number of aromatic nitrogens is 2. The first kappa shape index (κ1) is 15.0. The highest BCUT2D eigenvalue weighted by Crippen LogP contribution is 2.19. The van der Waals surface area contributed by atoms with Crippen LogP contribution in [0, 0.1) is 5.92 Å². The van der Waals surface area contributed by atoms with Crippen molar-refractivity contribution in [1.82, 2.24) is 8.96 Å². The Bertz CT molecular complexity index is 520. The number of nitrogens with zero attached hydrogens (tertiary/aromatic N) is 3. The zero-order chi connectivity index (χ0) is 13.5. The second kappa shape index (κ2) is 7.43. The molecule has 0 atom stereocenters. The van der Waals surface area contributed by atoms with Crippen LogP contribution < -0.4 is 0 Å². The predicted molar refractivity (Wildman–Crippen MR) is 80.9 cm³/mol. The molecule has 0 saturated carbocycles. The number of halogens is 1. The zero-order valence-electron chi connectivity index (χ0n) is 10.5. The largest absolute Gasteiger partial charge is 0.245 e. The highest BCUT2D eigenvalue weighted by molar-refractivity contribution is 7.92. The van der Waals surface area contributed by atoms with Gasteiger partial charge in [0, 0.05) is 6.21 Å². The van der Waals surface area contributed by atoms with Crippen molar-refractivity contribution in [1.29, 1.82) is 0 Å². The lowest BCUT2D eigenvalue weighted by atomic mass is 10.2. The van der Waals surface area contributed by atoms with Crippen molar-refractivity contribution in [2.45, 2.75) is 20.8 Å². The van der Waals surface area contributed by atoms with Crippen molar-refractivity contribution in [3.8, 4) is 0 Å². The van der Waals surface area contributed by atoms with E-state index in [1.807, 2.05) is 12.1 Å². The maximum atomic E-state index is 12.3. The highest BCUT2D eigenvalue weighted by atomic mass is 32.2. The molecule has 0 aliphatic carbocycles. The van der Waals surface area contributed by atoms with Gasteiger partial charge in [0.2, 0.25) is 0 Å². The average Bonchev–Trinajstić information content (AvgIpc) is 2.71. The summed E-state index contributed by atoms with van der Waals surface area (Å²) in [7, 11) is 0. The number of hydrogen-bond donors (Lipinski definition) is 1. The van der Waals surface area contributed by atoms with Crippen molar-refractivity contribution in [2.24, 2.45) is 10.3 Å². The van der Waals surface area contributed by atoms with E-state index in [4.69, 9.17) is 0 Å². The summed E-state index contributed by atoms with van der Waals surface area (Å²) in [5.41, 5.74) is 2.37. The van der Waals surface area contributed by atoms with Gasteiger partial charge in [-0.1, -0.05) is 26.8 Å². The zero-order valence-corrected chi connectivity index (χ0v) is 12.3. The molecule has 2 aromatic rings. The molecule has 18 heavy (non-hydrogen) atoms. The molecule has 2 rings (SSSR count). The summed E-state index contributed by atoms with van der Waals surface area (Å²) in [6.07, 6.45) is 3.04. The third-order valence-corrected chi connectivity index (χ3v) is 2.37. The molecule has 0 fully saturated rings. The topological polar surface area (TPSA) is 30.2 Å². The van der Waals surface area contributed by atoms with Gasteiger partial charge in [-0.05, 0) is 36.4 Å². The fraction of sp³-hybridized carbons (Fsp3) is 0.333. The number of imidazole rings is 1. The van der Waals surface area contributed by atoms with E-state index in [1.54, 1.807) is 12.3 Å². The number of thiol groups is 1. The lowest BCUT2D eigenvalue weighted by Gasteiger charge is -1.95. The maximum Gasteiger partial charge on any atom is 0.171 e. The van der Waals surface area contributed by atoms with Gasteiger partial charge >= 0.3 is 0 Å². The van der Waals surface area contributed by atoms with Crippen LogP contribution in [-0.2, 0) is 0 Å². The molecule has 98 valence electrons. The molecule has 1 aromatic carbocycles. The van der Waals surface area contributed by atoms with Crippen LogP contribution in [0.5, 0.6) is 0 Å². The fourth-order valence-electron chi connectivity index (χ4n) is 1.21. The Morgan fingerprint density at radius 3 is 2.67 bits per heavy atom. The van der Waals surface area contributed by atoms with Gasteiger partial charge in [-0.3, -0.25) is 0 Å². The molecule has 6 heteroatoms. The molecule has 0 aliphatic rings. The van der Waals surface area contributed by atoms with E-state index in [2.05, 4.69) is 43.0 Å². The first-order chi connectivity index (χ1) is 8.58. The van der Waals surface area contributed by atoms with E-state index in [1.165, 1.54) is 10.3 Å². The Labute approximate surface area is 116 Å². The SMILES string of the molecule is CC(C)C.FSn1cnc2cc(/C=N/S)ccc21. The molecular formula is C12H16FN3S2. The van der Waals surface area contributed by atoms with E-state index in [-0.39, 0.29) is 12.3 Å². The molecule has 3 nitrogen and oxygen atoms in total. The predicted octanol–water partition coefficient (Wildman–Crippen LogP) is 4.34. The van der Waals surface area contributed by atoms with Gasteiger partial charge in [-0.2, -0.15) is 0 Å². The molecule has 1 aromatic heterocycles. The van der Waals surface area contributed by atoms with Crippen LogP contribution in [0.3, 0.4) is 0 Å². The van der Waals surface area contributed by atoms with Gasteiger partial charge in [0.15, 0.2) is 12.3 Å². The van der Waals surface area contributed by atoms with Crippen LogP contribution >= 0.6 is 25.1 Å². The molecule has 0 N–H and O–H groups in total. The molecule has 0 unspecified atom stereocenters. The van der Waals surface area contributed by atoms with Crippen LogP contribution in [0.15, 0.2) is 28.9 Å². The monoisotopic (exact) mass is 285 g/mol. The fourth-order valence-corrected chi connectivity index (χ4v) is 1.65. The van der Waals surface area contributed by atoms with Crippen LogP contribution in [0.4, 0.5) is 3.89 Å². The van der Waals surface area contributed by atoms with Gasteiger partial charge in [-0.15, -0.1) is 3.89 Å². The van der Waals surface area contributed by atoms with Gasteiger partial charge in [-0.25, -0.2) is 13.4 Å². The Morgan fingerprint density at radius 2 is 2.11 bits per heavy atom. The summed E-state index contributed by atoms with van der Waals surface area (Å²) in [6, 6.07) is 5.44. The van der Waals surface area contributed by atoms with Gasteiger partial charge < -0.3 is 0 Å². The minimum absolute atomic E-state index is 0.130. The van der Waals surface area contributed by atoms with Gasteiger partial charge in [0.05, 0.1) is 11.0 Å². The number of rotatable bonds is 2. The van der Waals surface area contributed by atoms with Crippen molar-refractivity contribution in [3.05, 3.63) is 30.1 Å². The average molecular weight is 285 g/mol. The number of benzene rings is 1. The van der Waals surface area contributed by atoms with Crippen LogP contribution in [0.2, 0.25) is 0 Å². The third kappa shape index (κ3) is 4.34. The smallest absolute Gasteiger partial charge is 0.171 e. The maximum absolute atomic E-state index is 12.3. The molecule has 0 amide bonds. The first-order valence-electron chi connectivity index (χ1n) is 5.52. The summed E-state index contributed by atoms with van der Waals surface area (Å²) in [5, 5.41) is 0. The standard InChI is InChI=1S/C8H6FN3S2.C4H10/c9-14-12-5-10-7-3-6(4-11-13)1-2-8(7)12;1-4(2)3/h1-5,13H;4H,1-3H3/b11-4+;. The number of fused-ring (bicyclic) bond motifs is 1. The second-order valence-electron chi connectivity index (χ2n) is 4.36. The van der Waals surface area contributed by atoms with Crippen molar-refractivity contribution in [2.75, 3.05) is 0 Å². The molecule has 0 spiro atoms. The molecular weight excluding hydrogens is 269 g/mol. The quantitative estimate of drug-likeness (QED) is 0.657. The van der Waals surface area contributed by atoms with Crippen LogP contribution in [0.25, 0.3) is 11.0 Å². The van der Waals surface area contributed by atoms with Gasteiger partial charge in [0.25, 0.3) is 0 Å². The Morgan fingerprint density at radius 1 is 1.44 bits per heavy atom. The third-order valence-electron chi connectivity index (χ3n) is 1.82. The Hall–Kier alpha value is -1.01. The summed E-state index contributed by atoms with van der Waals surface area (Å²) in [6.45, 7) is 6.50.